The molecule has 4 unspecified atom stereocenters. The maximum atomic E-state index is 16.6. The summed E-state index contributed by atoms with van der Waals surface area (Å²) in [5, 5.41) is 2.82. The summed E-state index contributed by atoms with van der Waals surface area (Å²) < 4.78 is 101. The van der Waals surface area contributed by atoms with Gasteiger partial charge < -0.3 is 20.5 Å². The lowest BCUT2D eigenvalue weighted by Crippen LogP contribution is -2.43. The van der Waals surface area contributed by atoms with Crippen LogP contribution in [0.3, 0.4) is 0 Å². The van der Waals surface area contributed by atoms with Gasteiger partial charge in [0.2, 0.25) is 5.88 Å². The third-order valence-corrected chi connectivity index (χ3v) is 9.67. The first-order valence-electron chi connectivity index (χ1n) is 14.3. The molecule has 15 heteroatoms. The van der Waals surface area contributed by atoms with Gasteiger partial charge >= 0.3 is 12.2 Å². The highest BCUT2D eigenvalue weighted by Crippen LogP contribution is 2.46. The number of rotatable bonds is 6. The number of hydrogen-bond donors (Lipinski definition) is 2. The van der Waals surface area contributed by atoms with E-state index in [1.54, 1.807) is 0 Å². The molecule has 4 aromatic rings. The van der Waals surface area contributed by atoms with Crippen LogP contribution in [-0.4, -0.2) is 69.9 Å². The number of nitrogens with two attached hydrogens (primary N) is 1. The van der Waals surface area contributed by atoms with E-state index in [4.69, 9.17) is 15.2 Å². The van der Waals surface area contributed by atoms with Gasteiger partial charge in [0.05, 0.1) is 26.7 Å². The molecule has 3 N–H and O–H groups in total. The number of nitrogens with zero attached hydrogens (tertiary/aromatic N) is 4. The standard InChI is InChI=1S/C29H28F6N6O2S/c1-13-7-15(10-37-13)43-25-17-8-18(29(33,34)35)20(16-3-4-19(31)24-23(16)38-26(36)44-24)21(32)22(17)39-27(40-25)42-12-28-5-2-6-41(28)11-14(30)9-28/h3-4,8,13-15,37H,2,5-7,9-12H2,1H3,(H2,36,38). The number of nitrogens with one attached hydrogen (secondary N) is 1. The van der Waals surface area contributed by atoms with Crippen LogP contribution < -0.4 is 20.5 Å². The Labute approximate surface area is 251 Å². The van der Waals surface area contributed by atoms with E-state index in [1.807, 2.05) is 11.8 Å². The number of anilines is 1. The van der Waals surface area contributed by atoms with E-state index >= 15 is 4.39 Å². The number of alkyl halides is 4. The van der Waals surface area contributed by atoms with Crippen molar-refractivity contribution in [3.8, 4) is 23.0 Å². The van der Waals surface area contributed by atoms with Crippen molar-refractivity contribution in [1.82, 2.24) is 25.2 Å². The molecule has 3 saturated heterocycles. The number of hydrogen-bond acceptors (Lipinski definition) is 9. The van der Waals surface area contributed by atoms with Crippen molar-refractivity contribution in [3.05, 3.63) is 35.4 Å². The van der Waals surface area contributed by atoms with Crippen LogP contribution in [-0.2, 0) is 6.18 Å². The average molecular weight is 639 g/mol. The number of nitrogen functional groups attached to an aromatic ring is 1. The maximum absolute atomic E-state index is 16.6. The molecule has 8 nitrogen and oxygen atoms in total. The molecule has 0 saturated carbocycles. The molecule has 4 atom stereocenters. The van der Waals surface area contributed by atoms with Crippen molar-refractivity contribution in [2.75, 3.05) is 32.0 Å². The van der Waals surface area contributed by atoms with Gasteiger partial charge in [0.25, 0.3) is 0 Å². The minimum atomic E-state index is -5.03. The zero-order valence-electron chi connectivity index (χ0n) is 23.5. The molecule has 0 radical (unpaired) electrons. The van der Waals surface area contributed by atoms with Crippen molar-refractivity contribution in [3.63, 3.8) is 0 Å². The fraction of sp³-hybridized carbons (Fsp3) is 0.483. The largest absolute Gasteiger partial charge is 0.472 e. The Morgan fingerprint density at radius 2 is 2.00 bits per heavy atom. The lowest BCUT2D eigenvalue weighted by Gasteiger charge is -2.30. The van der Waals surface area contributed by atoms with E-state index in [2.05, 4.69) is 20.3 Å². The summed E-state index contributed by atoms with van der Waals surface area (Å²) in [6.07, 6.45) is -4.13. The van der Waals surface area contributed by atoms with Gasteiger partial charge in [0.1, 0.15) is 30.2 Å². The first kappa shape index (κ1) is 29.3. The number of halogens is 6. The molecule has 2 aromatic heterocycles. The van der Waals surface area contributed by atoms with Crippen molar-refractivity contribution in [2.45, 2.75) is 62.6 Å². The fourth-order valence-corrected chi connectivity index (χ4v) is 7.57. The summed E-state index contributed by atoms with van der Waals surface area (Å²) in [4.78, 5) is 14.6. The maximum Gasteiger partial charge on any atom is 0.417 e. The van der Waals surface area contributed by atoms with Gasteiger partial charge in [0.15, 0.2) is 10.9 Å². The van der Waals surface area contributed by atoms with Crippen LogP contribution in [0.1, 0.15) is 38.2 Å². The van der Waals surface area contributed by atoms with E-state index < -0.39 is 52.3 Å². The van der Waals surface area contributed by atoms with Crippen LogP contribution >= 0.6 is 11.3 Å². The SMILES string of the molecule is CC1CC(Oc2nc(OCC34CCCN3CC(F)C4)nc3c(F)c(-c4ccc(F)c5sc(N)nc45)c(C(F)(F)F)cc23)CN1. The van der Waals surface area contributed by atoms with Crippen LogP contribution in [0.2, 0.25) is 0 Å². The number of aromatic nitrogens is 3. The Kier molecular flexibility index (Phi) is 7.05. The van der Waals surface area contributed by atoms with Gasteiger partial charge in [-0.25, -0.2) is 18.2 Å². The lowest BCUT2D eigenvalue weighted by molar-refractivity contribution is -0.137. The Morgan fingerprint density at radius 1 is 1.18 bits per heavy atom. The van der Waals surface area contributed by atoms with Gasteiger partial charge in [-0.1, -0.05) is 11.3 Å². The number of ether oxygens (including phenoxy) is 2. The molecule has 2 aromatic carbocycles. The van der Waals surface area contributed by atoms with Gasteiger partial charge in [-0.2, -0.15) is 23.1 Å². The van der Waals surface area contributed by atoms with E-state index in [0.717, 1.165) is 42.5 Å². The highest BCUT2D eigenvalue weighted by molar-refractivity contribution is 7.22. The molecule has 5 heterocycles. The quantitative estimate of drug-likeness (QED) is 0.253. The minimum Gasteiger partial charge on any atom is -0.472 e. The molecule has 3 aliphatic rings. The van der Waals surface area contributed by atoms with Crippen LogP contribution in [0.4, 0.5) is 31.5 Å². The molecule has 3 aliphatic heterocycles. The van der Waals surface area contributed by atoms with Gasteiger partial charge in [-0.15, -0.1) is 0 Å². The van der Waals surface area contributed by atoms with Crippen molar-refractivity contribution in [1.29, 1.82) is 0 Å². The summed E-state index contributed by atoms with van der Waals surface area (Å²) in [7, 11) is 0. The Hall–Kier alpha value is -3.43. The summed E-state index contributed by atoms with van der Waals surface area (Å²) in [5.74, 6) is -2.34. The second-order valence-electron chi connectivity index (χ2n) is 11.8. The van der Waals surface area contributed by atoms with E-state index in [-0.39, 0.29) is 63.8 Å². The first-order valence-corrected chi connectivity index (χ1v) is 15.1. The second kappa shape index (κ2) is 10.6. The monoisotopic (exact) mass is 638 g/mol. The van der Waals surface area contributed by atoms with Gasteiger partial charge in [-0.05, 0) is 44.5 Å². The Balaban J connectivity index is 1.40. The zero-order valence-corrected chi connectivity index (χ0v) is 24.3. The molecule has 0 aliphatic carbocycles. The summed E-state index contributed by atoms with van der Waals surface area (Å²) >= 11 is 0.745. The van der Waals surface area contributed by atoms with Crippen molar-refractivity contribution in [2.24, 2.45) is 0 Å². The third-order valence-electron chi connectivity index (χ3n) is 8.78. The summed E-state index contributed by atoms with van der Waals surface area (Å²) in [6.45, 7) is 3.37. The third kappa shape index (κ3) is 4.98. The molecular weight excluding hydrogens is 610 g/mol. The zero-order chi connectivity index (χ0) is 31.0. The van der Waals surface area contributed by atoms with E-state index in [9.17, 15) is 22.0 Å². The van der Waals surface area contributed by atoms with Crippen molar-refractivity contribution >= 4 is 37.6 Å². The number of benzene rings is 2. The molecule has 234 valence electrons. The van der Waals surface area contributed by atoms with Crippen LogP contribution in [0, 0.1) is 11.6 Å². The predicted molar refractivity (Wildman–Crippen MR) is 153 cm³/mol. The van der Waals surface area contributed by atoms with Crippen molar-refractivity contribution < 1.29 is 35.8 Å². The van der Waals surface area contributed by atoms with Crippen LogP contribution in [0.5, 0.6) is 11.9 Å². The first-order chi connectivity index (χ1) is 20.9. The molecule has 3 fully saturated rings. The van der Waals surface area contributed by atoms with Crippen LogP contribution in [0.15, 0.2) is 18.2 Å². The lowest BCUT2D eigenvalue weighted by atomic mass is 9.95. The second-order valence-corrected chi connectivity index (χ2v) is 12.8. The fourth-order valence-electron chi connectivity index (χ4n) is 6.80. The molecule has 0 spiro atoms. The molecular formula is C29H28F6N6O2S. The predicted octanol–water partition coefficient (Wildman–Crippen LogP) is 5.87. The number of fused-ring (bicyclic) bond motifs is 3. The highest BCUT2D eigenvalue weighted by Gasteiger charge is 2.49. The van der Waals surface area contributed by atoms with E-state index in [0.29, 0.717) is 19.4 Å². The van der Waals surface area contributed by atoms with Crippen LogP contribution in [0.25, 0.3) is 32.2 Å². The summed E-state index contributed by atoms with van der Waals surface area (Å²) in [5.41, 5.74) is 2.03. The smallest absolute Gasteiger partial charge is 0.417 e. The summed E-state index contributed by atoms with van der Waals surface area (Å²) in [6, 6.07) is 2.52. The Bertz CT molecular complexity index is 1770. The molecule has 44 heavy (non-hydrogen) atoms. The van der Waals surface area contributed by atoms with Gasteiger partial charge in [-0.3, -0.25) is 4.90 Å². The average Bonchev–Trinajstić information content (AvgIpc) is 3.71. The highest BCUT2D eigenvalue weighted by atomic mass is 32.1. The normalized spacial score (nSPS) is 25.8. The topological polar surface area (TPSA) is 98.4 Å². The van der Waals surface area contributed by atoms with Gasteiger partial charge in [0, 0.05) is 43.1 Å². The molecule has 0 bridgehead atoms. The van der Waals surface area contributed by atoms with E-state index in [1.165, 1.54) is 0 Å². The number of thiazole rings is 1. The molecule has 7 rings (SSSR count). The molecule has 0 amide bonds. The Morgan fingerprint density at radius 3 is 2.75 bits per heavy atom. The minimum absolute atomic E-state index is 0.0200.